The minimum Gasteiger partial charge on any atom is -0.487 e. The van der Waals surface area contributed by atoms with Crippen LogP contribution in [0.15, 0.2) is 48.8 Å². The lowest BCUT2D eigenvalue weighted by Crippen LogP contribution is -2.06. The van der Waals surface area contributed by atoms with Crippen molar-refractivity contribution < 1.29 is 14.1 Å². The third-order valence-corrected chi connectivity index (χ3v) is 6.09. The summed E-state index contributed by atoms with van der Waals surface area (Å²) in [7, 11) is -0.437. The van der Waals surface area contributed by atoms with Gasteiger partial charge in [-0.05, 0) is 56.5 Å². The SMILES string of the molecule is CC(=O)c1cc(-c2ncc(C)cc2OCc2cccc(P(C)(C)=O)c2)n(C)c1. The van der Waals surface area contributed by atoms with Gasteiger partial charge in [0.25, 0.3) is 0 Å². The van der Waals surface area contributed by atoms with Crippen LogP contribution in [-0.4, -0.2) is 28.7 Å². The summed E-state index contributed by atoms with van der Waals surface area (Å²) < 4.78 is 20.3. The number of carbonyl (C=O) groups is 1. The normalized spacial score (nSPS) is 11.5. The quantitative estimate of drug-likeness (QED) is 0.457. The highest BCUT2D eigenvalue weighted by Gasteiger charge is 2.16. The molecule has 2 heterocycles. The number of ether oxygens (including phenoxy) is 1. The first-order chi connectivity index (χ1) is 13.1. The van der Waals surface area contributed by atoms with Gasteiger partial charge in [0.1, 0.15) is 25.2 Å². The molecule has 0 aliphatic rings. The van der Waals surface area contributed by atoms with Crippen molar-refractivity contribution in [3.8, 4) is 17.1 Å². The molecule has 3 aromatic rings. The minimum atomic E-state index is -2.32. The van der Waals surface area contributed by atoms with Crippen molar-refractivity contribution in [3.05, 3.63) is 65.5 Å². The molecule has 28 heavy (non-hydrogen) atoms. The smallest absolute Gasteiger partial charge is 0.161 e. The molecule has 0 fully saturated rings. The highest BCUT2D eigenvalue weighted by molar-refractivity contribution is 7.70. The topological polar surface area (TPSA) is 61.2 Å². The number of aromatic nitrogens is 2. The fraction of sp³-hybridized carbons (Fsp3) is 0.273. The molecule has 0 saturated heterocycles. The first-order valence-electron chi connectivity index (χ1n) is 9.07. The molecule has 0 radical (unpaired) electrons. The Kier molecular flexibility index (Phi) is 5.57. The minimum absolute atomic E-state index is 0.0109. The summed E-state index contributed by atoms with van der Waals surface area (Å²) in [6.45, 7) is 7.37. The van der Waals surface area contributed by atoms with E-state index in [4.69, 9.17) is 4.74 Å². The molecule has 146 valence electrons. The maximum Gasteiger partial charge on any atom is 0.161 e. The van der Waals surface area contributed by atoms with E-state index in [0.29, 0.717) is 23.6 Å². The lowest BCUT2D eigenvalue weighted by molar-refractivity contribution is 0.101. The largest absolute Gasteiger partial charge is 0.487 e. The molecular weight excluding hydrogens is 371 g/mol. The van der Waals surface area contributed by atoms with Crippen LogP contribution in [0.4, 0.5) is 0 Å². The fourth-order valence-electron chi connectivity index (χ4n) is 2.98. The highest BCUT2D eigenvalue weighted by Crippen LogP contribution is 2.35. The Hall–Kier alpha value is -2.65. The Labute approximate surface area is 165 Å². The second-order valence-corrected chi connectivity index (χ2v) is 10.7. The molecule has 5 nitrogen and oxygen atoms in total. The lowest BCUT2D eigenvalue weighted by atomic mass is 10.1. The zero-order valence-corrected chi connectivity index (χ0v) is 17.8. The van der Waals surface area contributed by atoms with Gasteiger partial charge < -0.3 is 13.9 Å². The molecular formula is C22H25N2O3P. The van der Waals surface area contributed by atoms with E-state index in [1.807, 2.05) is 54.9 Å². The maximum absolute atomic E-state index is 12.3. The summed E-state index contributed by atoms with van der Waals surface area (Å²) in [5, 5.41) is 0.838. The average Bonchev–Trinajstić information content (AvgIpc) is 3.01. The number of nitrogens with zero attached hydrogens (tertiary/aromatic N) is 2. The van der Waals surface area contributed by atoms with Crippen molar-refractivity contribution in [2.45, 2.75) is 20.5 Å². The number of carbonyl (C=O) groups excluding carboxylic acids is 1. The molecule has 0 bridgehead atoms. The predicted octanol–water partition coefficient (Wildman–Crippen LogP) is 4.43. The fourth-order valence-corrected chi connectivity index (χ4v) is 3.90. The molecule has 0 aliphatic carbocycles. The Morgan fingerprint density at radius 1 is 1.21 bits per heavy atom. The number of hydrogen-bond acceptors (Lipinski definition) is 4. The molecule has 2 aromatic heterocycles. The van der Waals surface area contributed by atoms with E-state index >= 15 is 0 Å². The van der Waals surface area contributed by atoms with Crippen molar-refractivity contribution in [3.63, 3.8) is 0 Å². The lowest BCUT2D eigenvalue weighted by Gasteiger charge is -2.14. The third kappa shape index (κ3) is 4.42. The number of aryl methyl sites for hydroxylation is 2. The third-order valence-electron chi connectivity index (χ3n) is 4.57. The van der Waals surface area contributed by atoms with E-state index in [1.54, 1.807) is 32.6 Å². The van der Waals surface area contributed by atoms with Crippen LogP contribution >= 0.6 is 7.14 Å². The summed E-state index contributed by atoms with van der Waals surface area (Å²) in [5.41, 5.74) is 4.08. The second-order valence-electron chi connectivity index (χ2n) is 7.45. The Morgan fingerprint density at radius 2 is 1.96 bits per heavy atom. The summed E-state index contributed by atoms with van der Waals surface area (Å²) in [4.78, 5) is 16.3. The number of Topliss-reactive ketones (excluding diaryl/α,β-unsaturated/α-hetero) is 1. The molecule has 0 amide bonds. The molecule has 0 saturated carbocycles. The van der Waals surface area contributed by atoms with Crippen LogP contribution in [0, 0.1) is 6.92 Å². The molecule has 0 atom stereocenters. The Balaban J connectivity index is 1.92. The van der Waals surface area contributed by atoms with Crippen LogP contribution in [0.3, 0.4) is 0 Å². The van der Waals surface area contributed by atoms with Crippen molar-refractivity contribution in [1.29, 1.82) is 0 Å². The van der Waals surface area contributed by atoms with Crippen LogP contribution in [0.25, 0.3) is 11.4 Å². The second kappa shape index (κ2) is 7.76. The maximum atomic E-state index is 12.3. The van der Waals surface area contributed by atoms with Crippen LogP contribution in [-0.2, 0) is 18.2 Å². The number of benzene rings is 1. The van der Waals surface area contributed by atoms with Crippen LogP contribution in [0.1, 0.15) is 28.4 Å². The zero-order valence-electron chi connectivity index (χ0n) is 16.9. The van der Waals surface area contributed by atoms with Gasteiger partial charge in [-0.2, -0.15) is 0 Å². The molecule has 6 heteroatoms. The van der Waals surface area contributed by atoms with Crippen LogP contribution < -0.4 is 10.0 Å². The van der Waals surface area contributed by atoms with Crippen LogP contribution in [0.2, 0.25) is 0 Å². The Morgan fingerprint density at radius 3 is 2.61 bits per heavy atom. The summed E-state index contributed by atoms with van der Waals surface area (Å²) in [5.74, 6) is 0.662. The number of hydrogen-bond donors (Lipinski definition) is 0. The average molecular weight is 396 g/mol. The first-order valence-corrected chi connectivity index (χ1v) is 11.7. The van der Waals surface area contributed by atoms with Crippen LogP contribution in [0.5, 0.6) is 5.75 Å². The molecule has 3 rings (SSSR count). The van der Waals surface area contributed by atoms with Crippen molar-refractivity contribution in [1.82, 2.24) is 9.55 Å². The first kappa shape index (κ1) is 20.1. The standard InChI is InChI=1S/C22H25N2O3P/c1-15-9-21(27-14-17-7-6-8-19(10-17)28(4,5)26)22(23-12-15)20-11-18(16(2)25)13-24(20)3/h6-13H,14H2,1-5H3. The molecule has 0 aliphatic heterocycles. The zero-order chi connectivity index (χ0) is 20.5. The molecule has 1 aromatic carbocycles. The Bertz CT molecular complexity index is 1080. The van der Waals surface area contributed by atoms with E-state index in [0.717, 1.165) is 22.1 Å². The van der Waals surface area contributed by atoms with Gasteiger partial charge in [-0.3, -0.25) is 9.78 Å². The molecule has 0 unspecified atom stereocenters. The monoisotopic (exact) mass is 396 g/mol. The summed E-state index contributed by atoms with van der Waals surface area (Å²) in [6, 6.07) is 11.4. The van der Waals surface area contributed by atoms with E-state index in [9.17, 15) is 9.36 Å². The van der Waals surface area contributed by atoms with Gasteiger partial charge in [0.2, 0.25) is 0 Å². The van der Waals surface area contributed by atoms with E-state index < -0.39 is 7.14 Å². The van der Waals surface area contributed by atoms with Gasteiger partial charge in [-0.15, -0.1) is 0 Å². The van der Waals surface area contributed by atoms with Crippen molar-refractivity contribution in [2.75, 3.05) is 13.3 Å². The summed E-state index contributed by atoms with van der Waals surface area (Å²) in [6.07, 6.45) is 3.58. The van der Waals surface area contributed by atoms with Gasteiger partial charge in [0.15, 0.2) is 5.78 Å². The molecule has 0 N–H and O–H groups in total. The number of rotatable bonds is 6. The van der Waals surface area contributed by atoms with Crippen molar-refractivity contribution in [2.24, 2.45) is 7.05 Å². The van der Waals surface area contributed by atoms with E-state index in [-0.39, 0.29) is 5.78 Å². The van der Waals surface area contributed by atoms with Gasteiger partial charge in [-0.1, -0.05) is 18.2 Å². The van der Waals surface area contributed by atoms with Gasteiger partial charge >= 0.3 is 0 Å². The number of ketones is 1. The van der Waals surface area contributed by atoms with Gasteiger partial charge in [-0.25, -0.2) is 0 Å². The van der Waals surface area contributed by atoms with Gasteiger partial charge in [0.05, 0.1) is 5.69 Å². The van der Waals surface area contributed by atoms with Crippen molar-refractivity contribution >= 4 is 18.2 Å². The highest BCUT2D eigenvalue weighted by atomic mass is 31.2. The number of pyridine rings is 1. The van der Waals surface area contributed by atoms with E-state index in [2.05, 4.69) is 4.98 Å². The molecule has 0 spiro atoms. The predicted molar refractivity (Wildman–Crippen MR) is 113 cm³/mol. The summed E-state index contributed by atoms with van der Waals surface area (Å²) >= 11 is 0. The van der Waals surface area contributed by atoms with E-state index in [1.165, 1.54) is 0 Å². The van der Waals surface area contributed by atoms with Gasteiger partial charge in [0, 0.05) is 30.3 Å².